The largest absolute Gasteiger partial charge is 0.345 e. The minimum absolute atomic E-state index is 0.0496. The highest BCUT2D eigenvalue weighted by Gasteiger charge is 2.22. The number of carbonyl (C=O) groups is 1. The molecule has 0 spiro atoms. The minimum atomic E-state index is -0.0893. The van der Waals surface area contributed by atoms with Crippen LogP contribution in [0.15, 0.2) is 65.5 Å². The third-order valence-electron chi connectivity index (χ3n) is 6.96. The summed E-state index contributed by atoms with van der Waals surface area (Å²) in [5.74, 6) is -0.0678. The van der Waals surface area contributed by atoms with E-state index in [0.29, 0.717) is 17.8 Å². The van der Waals surface area contributed by atoms with Gasteiger partial charge in [-0.3, -0.25) is 9.59 Å². The molecule has 1 heterocycles. The van der Waals surface area contributed by atoms with Gasteiger partial charge >= 0.3 is 0 Å². The molecule has 0 fully saturated rings. The molecule has 0 saturated heterocycles. The molecule has 5 rings (SSSR count). The summed E-state index contributed by atoms with van der Waals surface area (Å²) in [7, 11) is 0. The van der Waals surface area contributed by atoms with Crippen molar-refractivity contribution in [2.24, 2.45) is 0 Å². The van der Waals surface area contributed by atoms with Crippen molar-refractivity contribution in [3.05, 3.63) is 110 Å². The summed E-state index contributed by atoms with van der Waals surface area (Å²) in [5, 5.41) is 3.21. The van der Waals surface area contributed by atoms with Gasteiger partial charge in [0.1, 0.15) is 5.69 Å². The van der Waals surface area contributed by atoms with Crippen LogP contribution in [0.25, 0.3) is 11.0 Å². The highest BCUT2D eigenvalue weighted by molar-refractivity contribution is 5.94. The van der Waals surface area contributed by atoms with Crippen molar-refractivity contribution >= 4 is 16.9 Å². The smallest absolute Gasteiger partial charge is 0.272 e. The predicted octanol–water partition coefficient (Wildman–Crippen LogP) is 5.18. The van der Waals surface area contributed by atoms with Gasteiger partial charge < -0.3 is 9.88 Å². The number of benzene rings is 3. The summed E-state index contributed by atoms with van der Waals surface area (Å²) in [6.07, 6.45) is 3.10. The van der Waals surface area contributed by atoms with Crippen LogP contribution in [0.2, 0.25) is 0 Å². The predicted molar refractivity (Wildman–Crippen MR) is 135 cm³/mol. The van der Waals surface area contributed by atoms with Crippen molar-refractivity contribution in [3.8, 4) is 0 Å². The van der Waals surface area contributed by atoms with Gasteiger partial charge in [-0.05, 0) is 92.1 Å². The second-order valence-electron chi connectivity index (χ2n) is 9.33. The zero-order valence-electron chi connectivity index (χ0n) is 19.9. The van der Waals surface area contributed by atoms with E-state index < -0.39 is 0 Å². The van der Waals surface area contributed by atoms with E-state index in [0.717, 1.165) is 47.0 Å². The number of aryl methyl sites for hydroxylation is 4. The highest BCUT2D eigenvalue weighted by Crippen LogP contribution is 2.29. The number of hydrogen-bond donors (Lipinski definition) is 1. The first kappa shape index (κ1) is 22.1. The van der Waals surface area contributed by atoms with Crippen molar-refractivity contribution in [1.82, 2.24) is 14.9 Å². The Hall–Kier alpha value is -3.73. The van der Waals surface area contributed by atoms with E-state index in [1.54, 1.807) is 11.5 Å². The van der Waals surface area contributed by atoms with E-state index >= 15 is 0 Å². The third-order valence-corrected chi connectivity index (χ3v) is 6.96. The lowest BCUT2D eigenvalue weighted by atomic mass is 9.87. The number of nitrogens with one attached hydrogen (secondary N) is 1. The molecule has 0 bridgehead atoms. The molecule has 1 aliphatic rings. The molecule has 0 unspecified atom stereocenters. The topological polar surface area (TPSA) is 64.0 Å². The lowest BCUT2D eigenvalue weighted by Gasteiger charge is -2.26. The Labute approximate surface area is 199 Å². The maximum Gasteiger partial charge on any atom is 0.272 e. The van der Waals surface area contributed by atoms with Crippen molar-refractivity contribution < 1.29 is 4.79 Å². The van der Waals surface area contributed by atoms with Crippen LogP contribution in [0.4, 0.5) is 0 Å². The Morgan fingerprint density at radius 1 is 1.03 bits per heavy atom. The van der Waals surface area contributed by atoms with Gasteiger partial charge in [0.25, 0.3) is 11.5 Å². The average Bonchev–Trinajstić information content (AvgIpc) is 2.84. The van der Waals surface area contributed by atoms with E-state index in [-0.39, 0.29) is 17.5 Å². The van der Waals surface area contributed by atoms with Crippen LogP contribution in [0.1, 0.15) is 62.8 Å². The van der Waals surface area contributed by atoms with Gasteiger partial charge in [0.15, 0.2) is 0 Å². The fourth-order valence-corrected chi connectivity index (χ4v) is 4.87. The van der Waals surface area contributed by atoms with Crippen LogP contribution in [-0.2, 0) is 13.0 Å². The highest BCUT2D eigenvalue weighted by atomic mass is 16.1. The maximum atomic E-state index is 13.0. The van der Waals surface area contributed by atoms with Crippen molar-refractivity contribution in [1.29, 1.82) is 0 Å². The Kier molecular flexibility index (Phi) is 5.78. The Morgan fingerprint density at radius 3 is 2.56 bits per heavy atom. The lowest BCUT2D eigenvalue weighted by molar-refractivity contribution is 0.0932. The monoisotopic (exact) mass is 451 g/mol. The lowest BCUT2D eigenvalue weighted by Crippen LogP contribution is -2.31. The van der Waals surface area contributed by atoms with Gasteiger partial charge in [0.2, 0.25) is 0 Å². The number of aromatic nitrogens is 2. The number of hydrogen-bond acceptors (Lipinski definition) is 3. The minimum Gasteiger partial charge on any atom is -0.345 e. The van der Waals surface area contributed by atoms with Gasteiger partial charge in [-0.2, -0.15) is 0 Å². The Bertz CT molecular complexity index is 1450. The van der Waals surface area contributed by atoms with Crippen LogP contribution < -0.4 is 10.9 Å². The molecule has 0 saturated carbocycles. The van der Waals surface area contributed by atoms with Crippen LogP contribution >= 0.6 is 0 Å². The van der Waals surface area contributed by atoms with Crippen molar-refractivity contribution in [3.63, 3.8) is 0 Å². The van der Waals surface area contributed by atoms with Crippen molar-refractivity contribution in [2.45, 2.75) is 52.6 Å². The zero-order valence-corrected chi connectivity index (χ0v) is 19.9. The van der Waals surface area contributed by atoms with Gasteiger partial charge in [-0.1, -0.05) is 36.4 Å². The molecular weight excluding hydrogens is 422 g/mol. The Balaban J connectivity index is 1.38. The van der Waals surface area contributed by atoms with Gasteiger partial charge in [0.05, 0.1) is 23.6 Å². The number of fused-ring (bicyclic) bond motifs is 2. The SMILES string of the molecule is Cc1cc2nc(C)c(=O)n(Cc3ccc(C(=O)N[C@H]4CCCc5ccccc54)cc3)c2cc1C. The number of nitrogens with zero attached hydrogens (tertiary/aromatic N) is 2. The fourth-order valence-electron chi connectivity index (χ4n) is 4.87. The summed E-state index contributed by atoms with van der Waals surface area (Å²) in [4.78, 5) is 30.4. The normalized spacial score (nSPS) is 15.2. The molecular formula is C29H29N3O2. The summed E-state index contributed by atoms with van der Waals surface area (Å²) in [5.41, 5.74) is 8.47. The molecule has 5 nitrogen and oxygen atoms in total. The number of carbonyl (C=O) groups excluding carboxylic acids is 1. The van der Waals surface area contributed by atoms with Gasteiger partial charge in [-0.15, -0.1) is 0 Å². The summed E-state index contributed by atoms with van der Waals surface area (Å²) in [6.45, 7) is 6.28. The molecule has 4 aromatic rings. The first-order valence-electron chi connectivity index (χ1n) is 11.9. The second kappa shape index (κ2) is 8.90. The fraction of sp³-hybridized carbons (Fsp3) is 0.276. The van der Waals surface area contributed by atoms with Gasteiger partial charge in [-0.25, -0.2) is 4.98 Å². The maximum absolute atomic E-state index is 13.0. The van der Waals surface area contributed by atoms with Crippen molar-refractivity contribution in [2.75, 3.05) is 0 Å². The zero-order chi connectivity index (χ0) is 23.8. The molecule has 3 aromatic carbocycles. The Morgan fingerprint density at radius 2 is 1.76 bits per heavy atom. The number of amides is 1. The third kappa shape index (κ3) is 4.14. The van der Waals surface area contributed by atoms with Crippen LogP contribution in [0, 0.1) is 20.8 Å². The standard InChI is InChI=1S/C29H29N3O2/c1-18-15-26-27(16-19(18)2)32(29(34)20(3)30-26)17-21-11-13-23(14-12-21)28(33)31-25-10-6-8-22-7-4-5-9-24(22)25/h4-5,7,9,11-16,25H,6,8,10,17H2,1-3H3,(H,31,33)/t25-/m0/s1. The van der Waals surface area contributed by atoms with Crippen LogP contribution in [-0.4, -0.2) is 15.5 Å². The van der Waals surface area contributed by atoms with E-state index in [1.807, 2.05) is 49.4 Å². The molecule has 1 amide bonds. The summed E-state index contributed by atoms with van der Waals surface area (Å²) < 4.78 is 1.78. The van der Waals surface area contributed by atoms with E-state index in [9.17, 15) is 9.59 Å². The molecule has 1 aromatic heterocycles. The van der Waals surface area contributed by atoms with E-state index in [2.05, 4.69) is 35.4 Å². The second-order valence-corrected chi connectivity index (χ2v) is 9.33. The molecule has 0 radical (unpaired) electrons. The van der Waals surface area contributed by atoms with Gasteiger partial charge in [0, 0.05) is 5.56 Å². The number of rotatable bonds is 4. The molecule has 1 N–H and O–H groups in total. The van der Waals surface area contributed by atoms with Crippen LogP contribution in [0.5, 0.6) is 0 Å². The summed E-state index contributed by atoms with van der Waals surface area (Å²) >= 11 is 0. The van der Waals surface area contributed by atoms with Crippen LogP contribution in [0.3, 0.4) is 0 Å². The first-order chi connectivity index (χ1) is 16.4. The molecule has 0 aliphatic heterocycles. The molecule has 1 aliphatic carbocycles. The molecule has 172 valence electrons. The molecule has 34 heavy (non-hydrogen) atoms. The quantitative estimate of drug-likeness (QED) is 0.465. The average molecular weight is 452 g/mol. The molecule has 5 heteroatoms. The first-order valence-corrected chi connectivity index (χ1v) is 11.9. The van der Waals surface area contributed by atoms with E-state index in [1.165, 1.54) is 11.1 Å². The summed E-state index contributed by atoms with van der Waals surface area (Å²) in [6, 6.07) is 20.0. The molecule has 1 atom stereocenters. The van der Waals surface area contributed by atoms with E-state index in [4.69, 9.17) is 0 Å².